The zero-order valence-electron chi connectivity index (χ0n) is 19.9. The third kappa shape index (κ3) is 4.85. The van der Waals surface area contributed by atoms with E-state index in [1.54, 1.807) is 24.3 Å². The molecule has 8 nitrogen and oxygen atoms in total. The highest BCUT2D eigenvalue weighted by Gasteiger charge is 2.43. The number of amides is 2. The molecule has 1 N–H and O–H groups in total. The molecule has 2 saturated heterocycles. The quantitative estimate of drug-likeness (QED) is 0.655. The molecule has 1 unspecified atom stereocenters. The van der Waals surface area contributed by atoms with E-state index in [1.807, 2.05) is 36.1 Å². The number of nitrogens with zero attached hydrogens (tertiary/aromatic N) is 2. The van der Waals surface area contributed by atoms with E-state index in [0.29, 0.717) is 68.2 Å². The van der Waals surface area contributed by atoms with Crippen LogP contribution in [0.4, 0.5) is 5.69 Å². The number of aryl methyl sites for hydroxylation is 1. The van der Waals surface area contributed by atoms with Gasteiger partial charge in [0.1, 0.15) is 11.4 Å². The van der Waals surface area contributed by atoms with E-state index in [4.69, 9.17) is 4.74 Å². The fourth-order valence-corrected chi connectivity index (χ4v) is 6.76. The van der Waals surface area contributed by atoms with Crippen LogP contribution in [0.5, 0.6) is 5.75 Å². The van der Waals surface area contributed by atoms with Crippen molar-refractivity contribution in [3.05, 3.63) is 54.1 Å². The third-order valence-corrected chi connectivity index (χ3v) is 9.33. The lowest BCUT2D eigenvalue weighted by Gasteiger charge is -2.42. The SMILES string of the molecule is Cc1ccc([S+](=O)([O-])N2CCC(C(=O)N3CCC4(CC3)CC(=O)Nc3ccccc3O4)CC2)cc1. The van der Waals surface area contributed by atoms with Crippen LogP contribution in [0.1, 0.15) is 37.7 Å². The molecule has 0 saturated carbocycles. The van der Waals surface area contributed by atoms with Crippen LogP contribution < -0.4 is 10.1 Å². The van der Waals surface area contributed by atoms with Crippen LogP contribution in [0.3, 0.4) is 0 Å². The minimum absolute atomic E-state index is 0.0723. The number of benzene rings is 2. The van der Waals surface area contributed by atoms with Gasteiger partial charge in [0, 0.05) is 44.9 Å². The van der Waals surface area contributed by atoms with Crippen molar-refractivity contribution in [2.75, 3.05) is 31.5 Å². The second-order valence-corrected chi connectivity index (χ2v) is 11.8. The number of likely N-dealkylation sites (tertiary alicyclic amines) is 1. The molecule has 3 heterocycles. The third-order valence-electron chi connectivity index (χ3n) is 7.42. The Hall–Kier alpha value is -2.75. The highest BCUT2D eigenvalue weighted by atomic mass is 32.3. The molecule has 0 bridgehead atoms. The zero-order chi connectivity index (χ0) is 24.6. The molecule has 9 heteroatoms. The van der Waals surface area contributed by atoms with E-state index in [0.717, 1.165) is 5.56 Å². The van der Waals surface area contributed by atoms with Gasteiger partial charge in [-0.2, -0.15) is 0 Å². The molecule has 0 radical (unpaired) electrons. The number of para-hydroxylation sites is 2. The van der Waals surface area contributed by atoms with Crippen LogP contribution in [0.2, 0.25) is 0 Å². The number of fused-ring (bicyclic) bond motifs is 1. The van der Waals surface area contributed by atoms with Crippen molar-refractivity contribution < 1.29 is 23.1 Å². The molecule has 2 amide bonds. The first-order chi connectivity index (χ1) is 16.8. The van der Waals surface area contributed by atoms with Gasteiger partial charge in [-0.05, 0) is 44.0 Å². The second-order valence-electron chi connectivity index (χ2n) is 9.82. The molecule has 2 fully saturated rings. The average Bonchev–Trinajstić information content (AvgIpc) is 2.99. The van der Waals surface area contributed by atoms with Crippen LogP contribution in [-0.4, -0.2) is 57.4 Å². The van der Waals surface area contributed by atoms with E-state index in [9.17, 15) is 18.4 Å². The number of sulfonamides is 1. The summed E-state index contributed by atoms with van der Waals surface area (Å²) in [5.74, 6) is 0.482. The number of piperidine rings is 2. The maximum atomic E-state index is 13.3. The van der Waals surface area contributed by atoms with Crippen molar-refractivity contribution in [1.82, 2.24) is 9.21 Å². The first kappa shape index (κ1) is 24.0. The van der Waals surface area contributed by atoms with Crippen molar-refractivity contribution in [2.24, 2.45) is 5.92 Å². The summed E-state index contributed by atoms with van der Waals surface area (Å²) >= 11 is 0. The molecular formula is C26H31N3O5S. The number of rotatable bonds is 3. The average molecular weight is 498 g/mol. The molecule has 5 rings (SSSR count). The van der Waals surface area contributed by atoms with Crippen LogP contribution >= 0.6 is 0 Å². The molecule has 3 aliphatic heterocycles. The molecule has 186 valence electrons. The summed E-state index contributed by atoms with van der Waals surface area (Å²) < 4.78 is 33.8. The topological polar surface area (TPSA) is 102 Å². The van der Waals surface area contributed by atoms with Gasteiger partial charge in [0.2, 0.25) is 11.8 Å². The summed E-state index contributed by atoms with van der Waals surface area (Å²) in [7, 11) is -3.55. The van der Waals surface area contributed by atoms with Crippen molar-refractivity contribution in [2.45, 2.75) is 49.5 Å². The van der Waals surface area contributed by atoms with E-state index in [2.05, 4.69) is 5.32 Å². The van der Waals surface area contributed by atoms with Gasteiger partial charge in [-0.15, -0.1) is 4.31 Å². The Balaban J connectivity index is 1.18. The van der Waals surface area contributed by atoms with Gasteiger partial charge in [0.25, 0.3) is 0 Å². The number of hydrogen-bond donors (Lipinski definition) is 1. The predicted molar refractivity (Wildman–Crippen MR) is 131 cm³/mol. The summed E-state index contributed by atoms with van der Waals surface area (Å²) in [6.07, 6.45) is 2.46. The van der Waals surface area contributed by atoms with E-state index >= 15 is 0 Å². The van der Waals surface area contributed by atoms with Crippen molar-refractivity contribution >= 4 is 27.9 Å². The molecule has 2 aromatic rings. The minimum Gasteiger partial charge on any atom is -0.593 e. The molecule has 1 spiro atoms. The smallest absolute Gasteiger partial charge is 0.228 e. The van der Waals surface area contributed by atoms with Gasteiger partial charge >= 0.3 is 0 Å². The molecule has 1 atom stereocenters. The van der Waals surface area contributed by atoms with Gasteiger partial charge < -0.3 is 19.5 Å². The number of carbonyl (C=O) groups excluding carboxylic acids is 2. The summed E-state index contributed by atoms with van der Waals surface area (Å²) in [5.41, 5.74) is 1.08. The Kier molecular flexibility index (Phi) is 6.41. The first-order valence-electron chi connectivity index (χ1n) is 12.2. The largest absolute Gasteiger partial charge is 0.593 e. The number of ether oxygens (including phenoxy) is 1. The lowest BCUT2D eigenvalue weighted by Crippen LogP contribution is -2.53. The number of carbonyl (C=O) groups is 2. The fraction of sp³-hybridized carbons (Fsp3) is 0.462. The van der Waals surface area contributed by atoms with Crippen LogP contribution in [-0.2, 0) is 24.2 Å². The maximum Gasteiger partial charge on any atom is 0.228 e. The van der Waals surface area contributed by atoms with Gasteiger partial charge in [0.05, 0.1) is 12.1 Å². The molecule has 3 aliphatic rings. The van der Waals surface area contributed by atoms with Crippen molar-refractivity contribution in [3.63, 3.8) is 0 Å². The summed E-state index contributed by atoms with van der Waals surface area (Å²) in [4.78, 5) is 27.9. The van der Waals surface area contributed by atoms with Crippen LogP contribution in [0.25, 0.3) is 0 Å². The predicted octanol–water partition coefficient (Wildman–Crippen LogP) is 3.39. The first-order valence-corrected chi connectivity index (χ1v) is 13.6. The van der Waals surface area contributed by atoms with Crippen molar-refractivity contribution in [1.29, 1.82) is 0 Å². The maximum absolute atomic E-state index is 13.3. The molecule has 2 aromatic carbocycles. The van der Waals surface area contributed by atoms with Gasteiger partial charge in [-0.3, -0.25) is 9.59 Å². The molecule has 0 aromatic heterocycles. The summed E-state index contributed by atoms with van der Waals surface area (Å²) in [6.45, 7) is 3.65. The molecular weight excluding hydrogens is 466 g/mol. The minimum atomic E-state index is -3.55. The Morgan fingerprint density at radius 1 is 1.06 bits per heavy atom. The second kappa shape index (κ2) is 9.37. The number of hydrogen-bond acceptors (Lipinski definition) is 5. The lowest BCUT2D eigenvalue weighted by molar-refractivity contribution is -0.140. The molecule has 0 aliphatic carbocycles. The Morgan fingerprint density at radius 2 is 1.71 bits per heavy atom. The van der Waals surface area contributed by atoms with Crippen LogP contribution in [0, 0.1) is 12.8 Å². The standard InChI is InChI=1S/C26H31N3O5S/c1-19-6-8-21(9-7-19)35(32,33)29-14-10-20(11-15-29)25(31)28-16-12-26(13-17-28)18-24(30)27-22-4-2-3-5-23(22)34-26/h2-9,20H,10-18H2,1H3,(H-,27,30,32,33). The van der Waals surface area contributed by atoms with Crippen LogP contribution in [0.15, 0.2) is 53.4 Å². The number of anilines is 1. The van der Waals surface area contributed by atoms with E-state index < -0.39 is 16.0 Å². The Labute approximate surface area is 207 Å². The Morgan fingerprint density at radius 3 is 2.40 bits per heavy atom. The van der Waals surface area contributed by atoms with Crippen molar-refractivity contribution in [3.8, 4) is 5.75 Å². The monoisotopic (exact) mass is 497 g/mol. The zero-order valence-corrected chi connectivity index (χ0v) is 20.7. The lowest BCUT2D eigenvalue weighted by atomic mass is 9.86. The number of nitrogens with one attached hydrogen (secondary N) is 1. The van der Waals surface area contributed by atoms with Gasteiger partial charge in [0.15, 0.2) is 15.3 Å². The highest BCUT2D eigenvalue weighted by molar-refractivity contribution is 7.95. The normalized spacial score (nSPS) is 22.5. The summed E-state index contributed by atoms with van der Waals surface area (Å²) in [6, 6.07) is 14.3. The summed E-state index contributed by atoms with van der Waals surface area (Å²) in [5, 5.41) is 2.91. The van der Waals surface area contributed by atoms with E-state index in [-0.39, 0.29) is 24.2 Å². The fourth-order valence-electron chi connectivity index (χ4n) is 5.29. The molecule has 35 heavy (non-hydrogen) atoms. The highest BCUT2D eigenvalue weighted by Crippen LogP contribution is 2.39. The Bertz CT molecular complexity index is 1150. The van der Waals surface area contributed by atoms with Gasteiger partial charge in [-0.25, -0.2) is 0 Å². The van der Waals surface area contributed by atoms with Gasteiger partial charge in [-0.1, -0.05) is 34.0 Å². The van der Waals surface area contributed by atoms with E-state index in [1.165, 1.54) is 4.31 Å².